The van der Waals surface area contributed by atoms with Gasteiger partial charge in [0.15, 0.2) is 5.78 Å². The molecule has 18 heavy (non-hydrogen) atoms. The fourth-order valence-corrected chi connectivity index (χ4v) is 2.28. The maximum absolute atomic E-state index is 11.7. The third kappa shape index (κ3) is 3.34. The van der Waals surface area contributed by atoms with Gasteiger partial charge in [0.05, 0.1) is 12.0 Å². The van der Waals surface area contributed by atoms with E-state index < -0.39 is 0 Å². The number of carbonyl (C=O) groups excluding carboxylic acids is 1. The number of nitrogens with one attached hydrogen (secondary N) is 1. The van der Waals surface area contributed by atoms with Crippen molar-refractivity contribution in [3.05, 3.63) is 46.7 Å². The predicted molar refractivity (Wildman–Crippen MR) is 74.8 cm³/mol. The zero-order valence-corrected chi connectivity index (χ0v) is 11.0. The van der Waals surface area contributed by atoms with Crippen molar-refractivity contribution in [3.63, 3.8) is 0 Å². The predicted octanol–water partition coefficient (Wildman–Crippen LogP) is 3.44. The summed E-state index contributed by atoms with van der Waals surface area (Å²) in [5, 5.41) is 5.14. The monoisotopic (exact) mass is 261 g/mol. The lowest BCUT2D eigenvalue weighted by molar-refractivity contribution is 0.0990. The van der Waals surface area contributed by atoms with Crippen LogP contribution in [0.25, 0.3) is 0 Å². The van der Waals surface area contributed by atoms with E-state index in [2.05, 4.69) is 5.32 Å². The van der Waals surface area contributed by atoms with Crippen LogP contribution in [0.2, 0.25) is 0 Å². The van der Waals surface area contributed by atoms with Gasteiger partial charge >= 0.3 is 0 Å². The summed E-state index contributed by atoms with van der Waals surface area (Å²) in [5.41, 5.74) is 0.995. The van der Waals surface area contributed by atoms with Crippen molar-refractivity contribution in [2.45, 2.75) is 6.42 Å². The highest BCUT2D eigenvalue weighted by molar-refractivity contribution is 7.12. The molecule has 94 valence electrons. The van der Waals surface area contributed by atoms with Gasteiger partial charge in [-0.15, -0.1) is 11.3 Å². The lowest BCUT2D eigenvalue weighted by atomic mass is 10.2. The van der Waals surface area contributed by atoms with Crippen molar-refractivity contribution < 1.29 is 9.53 Å². The normalized spacial score (nSPS) is 10.1. The van der Waals surface area contributed by atoms with Crippen molar-refractivity contribution in [2.75, 3.05) is 19.0 Å². The molecule has 0 saturated heterocycles. The Kier molecular flexibility index (Phi) is 4.36. The minimum absolute atomic E-state index is 0.186. The first kappa shape index (κ1) is 12.6. The van der Waals surface area contributed by atoms with Gasteiger partial charge in [-0.1, -0.05) is 6.07 Å². The van der Waals surface area contributed by atoms with E-state index in [9.17, 15) is 4.79 Å². The van der Waals surface area contributed by atoms with Crippen LogP contribution < -0.4 is 10.1 Å². The lowest BCUT2D eigenvalue weighted by Gasteiger charge is -2.06. The van der Waals surface area contributed by atoms with E-state index in [1.54, 1.807) is 7.11 Å². The van der Waals surface area contributed by atoms with Crippen LogP contribution in [0.1, 0.15) is 16.1 Å². The van der Waals surface area contributed by atoms with Gasteiger partial charge in [0.25, 0.3) is 0 Å². The van der Waals surface area contributed by atoms with Crippen molar-refractivity contribution in [2.24, 2.45) is 0 Å². The van der Waals surface area contributed by atoms with Crippen LogP contribution in [0, 0.1) is 0 Å². The number of hydrogen-bond donors (Lipinski definition) is 1. The number of ketones is 1. The van der Waals surface area contributed by atoms with Crippen LogP contribution in [0.3, 0.4) is 0 Å². The molecule has 0 unspecified atom stereocenters. The molecule has 4 heteroatoms. The van der Waals surface area contributed by atoms with E-state index in [1.807, 2.05) is 41.8 Å². The number of ether oxygens (including phenoxy) is 1. The van der Waals surface area contributed by atoms with E-state index in [0.717, 1.165) is 16.3 Å². The molecule has 0 radical (unpaired) electrons. The van der Waals surface area contributed by atoms with Crippen molar-refractivity contribution in [1.29, 1.82) is 0 Å². The molecule has 0 atom stereocenters. The van der Waals surface area contributed by atoms with Gasteiger partial charge in [-0.2, -0.15) is 0 Å². The highest BCUT2D eigenvalue weighted by atomic mass is 32.1. The molecule has 2 rings (SSSR count). The maximum Gasteiger partial charge on any atom is 0.174 e. The van der Waals surface area contributed by atoms with E-state index in [-0.39, 0.29) is 5.78 Å². The molecular formula is C14H15NO2S. The van der Waals surface area contributed by atoms with Crippen LogP contribution in [-0.4, -0.2) is 19.4 Å². The molecule has 3 nitrogen and oxygen atoms in total. The Morgan fingerprint density at radius 3 is 2.67 bits per heavy atom. The molecule has 0 saturated carbocycles. The Morgan fingerprint density at radius 1 is 1.28 bits per heavy atom. The first-order chi connectivity index (χ1) is 8.79. The fraction of sp³-hybridized carbons (Fsp3) is 0.214. The van der Waals surface area contributed by atoms with Crippen LogP contribution in [0.4, 0.5) is 5.69 Å². The average Bonchev–Trinajstić information content (AvgIpc) is 2.93. The second-order valence-corrected chi connectivity index (χ2v) is 4.75. The number of methoxy groups -OCH3 is 1. The number of thiophene rings is 1. The van der Waals surface area contributed by atoms with E-state index in [1.165, 1.54) is 11.3 Å². The summed E-state index contributed by atoms with van der Waals surface area (Å²) in [5.74, 6) is 1.02. The van der Waals surface area contributed by atoms with Crippen molar-refractivity contribution >= 4 is 22.8 Å². The topological polar surface area (TPSA) is 38.3 Å². The van der Waals surface area contributed by atoms with Crippen LogP contribution in [-0.2, 0) is 0 Å². The Bertz CT molecular complexity index is 491. The summed E-state index contributed by atoms with van der Waals surface area (Å²) >= 11 is 1.49. The number of carbonyl (C=O) groups is 1. The summed E-state index contributed by atoms with van der Waals surface area (Å²) in [7, 11) is 1.64. The summed E-state index contributed by atoms with van der Waals surface area (Å²) in [6, 6.07) is 11.4. The van der Waals surface area contributed by atoms with Crippen LogP contribution in [0.5, 0.6) is 5.75 Å². The Balaban J connectivity index is 1.79. The van der Waals surface area contributed by atoms with Crippen LogP contribution >= 0.6 is 11.3 Å². The van der Waals surface area contributed by atoms with Gasteiger partial charge in [-0.3, -0.25) is 4.79 Å². The second kappa shape index (κ2) is 6.21. The number of Topliss-reactive ketones (excluding diaryl/α,β-unsaturated/α-hetero) is 1. The summed E-state index contributed by atoms with van der Waals surface area (Å²) < 4.78 is 5.08. The molecule has 1 N–H and O–H groups in total. The van der Waals surface area contributed by atoms with Gasteiger partial charge in [-0.25, -0.2) is 0 Å². The molecule has 2 aromatic rings. The first-order valence-corrected chi connectivity index (χ1v) is 6.62. The second-order valence-electron chi connectivity index (χ2n) is 3.81. The van der Waals surface area contributed by atoms with Crippen LogP contribution in [0.15, 0.2) is 41.8 Å². The number of hydrogen-bond acceptors (Lipinski definition) is 4. The Labute approximate surface area is 110 Å². The molecule has 0 spiro atoms. The molecule has 0 aliphatic heterocycles. The molecule has 0 fully saturated rings. The molecular weight excluding hydrogens is 246 g/mol. The zero-order chi connectivity index (χ0) is 12.8. The number of anilines is 1. The summed E-state index contributed by atoms with van der Waals surface area (Å²) in [6.07, 6.45) is 0.506. The van der Waals surface area contributed by atoms with E-state index in [0.29, 0.717) is 13.0 Å². The van der Waals surface area contributed by atoms with Gasteiger partial charge in [0.2, 0.25) is 0 Å². The highest BCUT2D eigenvalue weighted by Gasteiger charge is 2.05. The quantitative estimate of drug-likeness (QED) is 0.809. The molecule has 0 aliphatic carbocycles. The van der Waals surface area contributed by atoms with Gasteiger partial charge < -0.3 is 10.1 Å². The number of benzene rings is 1. The van der Waals surface area contributed by atoms with Gasteiger partial charge in [0, 0.05) is 18.7 Å². The van der Waals surface area contributed by atoms with E-state index >= 15 is 0 Å². The third-order valence-electron chi connectivity index (χ3n) is 2.57. The highest BCUT2D eigenvalue weighted by Crippen LogP contribution is 2.15. The van der Waals surface area contributed by atoms with Gasteiger partial charge in [0.1, 0.15) is 5.75 Å². The standard InChI is InChI=1S/C14H15NO2S/c1-17-12-6-4-11(5-7-12)15-9-8-13(16)14-3-2-10-18-14/h2-7,10,15H,8-9H2,1H3. The smallest absolute Gasteiger partial charge is 0.174 e. The lowest BCUT2D eigenvalue weighted by Crippen LogP contribution is -2.07. The zero-order valence-electron chi connectivity index (χ0n) is 10.2. The largest absolute Gasteiger partial charge is 0.497 e. The summed E-state index contributed by atoms with van der Waals surface area (Å²) in [6.45, 7) is 0.642. The number of rotatable bonds is 6. The minimum atomic E-state index is 0.186. The molecule has 1 aromatic carbocycles. The average molecular weight is 261 g/mol. The first-order valence-electron chi connectivity index (χ1n) is 5.74. The molecule has 0 aliphatic rings. The molecule has 0 amide bonds. The van der Waals surface area contributed by atoms with Crippen molar-refractivity contribution in [1.82, 2.24) is 0 Å². The Morgan fingerprint density at radius 2 is 2.06 bits per heavy atom. The maximum atomic E-state index is 11.7. The van der Waals surface area contributed by atoms with Crippen molar-refractivity contribution in [3.8, 4) is 5.75 Å². The third-order valence-corrected chi connectivity index (χ3v) is 3.48. The molecule has 1 aromatic heterocycles. The minimum Gasteiger partial charge on any atom is -0.497 e. The van der Waals surface area contributed by atoms with Gasteiger partial charge in [-0.05, 0) is 35.7 Å². The molecule has 0 bridgehead atoms. The summed E-state index contributed by atoms with van der Waals surface area (Å²) in [4.78, 5) is 12.6. The van der Waals surface area contributed by atoms with E-state index in [4.69, 9.17) is 4.74 Å². The fourth-order valence-electron chi connectivity index (χ4n) is 1.59. The Hall–Kier alpha value is -1.81. The molecule has 1 heterocycles. The SMILES string of the molecule is COc1ccc(NCCC(=O)c2cccs2)cc1.